The topological polar surface area (TPSA) is 32.3 Å². The molecular formula is C18H18N2O. The van der Waals surface area contributed by atoms with Gasteiger partial charge in [0, 0.05) is 11.7 Å². The maximum atomic E-state index is 12.9. The van der Waals surface area contributed by atoms with Gasteiger partial charge in [-0.25, -0.2) is 0 Å². The summed E-state index contributed by atoms with van der Waals surface area (Å²) in [7, 11) is 0. The summed E-state index contributed by atoms with van der Waals surface area (Å²) >= 11 is 0. The standard InChI is InChI=1S/C18H18N2O/c1-12-6-2-3-7-14(12)17-19-16-9-5-4-8-15(16)18(21)20(17)13-10-11-13/h2-9,13,17,19H,10-11H2,1H3/t17-/m0/s1. The molecule has 1 aliphatic carbocycles. The van der Waals surface area contributed by atoms with Gasteiger partial charge in [-0.2, -0.15) is 0 Å². The van der Waals surface area contributed by atoms with Crippen LogP contribution in [-0.4, -0.2) is 16.8 Å². The van der Waals surface area contributed by atoms with E-state index in [-0.39, 0.29) is 12.1 Å². The first-order chi connectivity index (χ1) is 10.3. The van der Waals surface area contributed by atoms with E-state index in [1.165, 1.54) is 11.1 Å². The molecule has 0 spiro atoms. The van der Waals surface area contributed by atoms with Gasteiger partial charge in [0.1, 0.15) is 6.17 Å². The molecule has 1 N–H and O–H groups in total. The van der Waals surface area contributed by atoms with E-state index in [9.17, 15) is 4.79 Å². The zero-order valence-corrected chi connectivity index (χ0v) is 12.0. The SMILES string of the molecule is Cc1ccccc1[C@H]1Nc2ccccc2C(=O)N1C1CC1. The Morgan fingerprint density at radius 2 is 1.76 bits per heavy atom. The number of nitrogens with zero attached hydrogens (tertiary/aromatic N) is 1. The molecule has 1 heterocycles. The Balaban J connectivity index is 1.83. The molecule has 3 nitrogen and oxygen atoms in total. The molecule has 21 heavy (non-hydrogen) atoms. The van der Waals surface area contributed by atoms with Crippen molar-refractivity contribution in [2.75, 3.05) is 5.32 Å². The first-order valence-corrected chi connectivity index (χ1v) is 7.49. The van der Waals surface area contributed by atoms with Crippen LogP contribution in [0.4, 0.5) is 5.69 Å². The van der Waals surface area contributed by atoms with E-state index in [1.54, 1.807) is 0 Å². The van der Waals surface area contributed by atoms with Crippen molar-refractivity contribution in [3.63, 3.8) is 0 Å². The van der Waals surface area contributed by atoms with Crippen molar-refractivity contribution in [1.82, 2.24) is 4.90 Å². The molecule has 2 aliphatic rings. The van der Waals surface area contributed by atoms with Crippen LogP contribution in [0.3, 0.4) is 0 Å². The lowest BCUT2D eigenvalue weighted by atomic mass is 10.00. The summed E-state index contributed by atoms with van der Waals surface area (Å²) in [5, 5.41) is 3.56. The smallest absolute Gasteiger partial charge is 0.258 e. The summed E-state index contributed by atoms with van der Waals surface area (Å²) in [5.41, 5.74) is 4.13. The molecule has 0 unspecified atom stereocenters. The molecule has 1 saturated carbocycles. The van der Waals surface area contributed by atoms with Crippen LogP contribution in [-0.2, 0) is 0 Å². The molecule has 0 bridgehead atoms. The molecule has 3 heteroatoms. The van der Waals surface area contributed by atoms with Gasteiger partial charge in [0.2, 0.25) is 0 Å². The number of nitrogens with one attached hydrogen (secondary N) is 1. The molecule has 1 amide bonds. The maximum Gasteiger partial charge on any atom is 0.258 e. The number of fused-ring (bicyclic) bond motifs is 1. The second-order valence-electron chi connectivity index (χ2n) is 5.89. The van der Waals surface area contributed by atoms with Crippen molar-refractivity contribution in [2.45, 2.75) is 32.0 Å². The van der Waals surface area contributed by atoms with E-state index in [0.717, 1.165) is 24.1 Å². The summed E-state index contributed by atoms with van der Waals surface area (Å²) in [6.45, 7) is 2.10. The number of carbonyl (C=O) groups excluding carboxylic acids is 1. The monoisotopic (exact) mass is 278 g/mol. The number of rotatable bonds is 2. The van der Waals surface area contributed by atoms with Gasteiger partial charge >= 0.3 is 0 Å². The van der Waals surface area contributed by atoms with Crippen molar-refractivity contribution in [3.05, 3.63) is 65.2 Å². The fourth-order valence-electron chi connectivity index (χ4n) is 3.12. The molecular weight excluding hydrogens is 260 g/mol. The van der Waals surface area contributed by atoms with Crippen LogP contribution in [0.25, 0.3) is 0 Å². The number of hydrogen-bond acceptors (Lipinski definition) is 2. The van der Waals surface area contributed by atoms with E-state index in [2.05, 4.69) is 24.4 Å². The van der Waals surface area contributed by atoms with Gasteiger partial charge in [-0.15, -0.1) is 0 Å². The summed E-state index contributed by atoms with van der Waals surface area (Å²) in [6.07, 6.45) is 2.16. The zero-order chi connectivity index (χ0) is 14.4. The van der Waals surface area contributed by atoms with Crippen LogP contribution in [0.5, 0.6) is 0 Å². The summed E-state index contributed by atoms with van der Waals surface area (Å²) in [4.78, 5) is 14.9. The van der Waals surface area contributed by atoms with Crippen molar-refractivity contribution in [2.24, 2.45) is 0 Å². The Kier molecular flexibility index (Phi) is 2.74. The van der Waals surface area contributed by atoms with Crippen LogP contribution in [0, 0.1) is 6.92 Å². The lowest BCUT2D eigenvalue weighted by Gasteiger charge is -2.39. The molecule has 2 aromatic carbocycles. The number of anilines is 1. The lowest BCUT2D eigenvalue weighted by Crippen LogP contribution is -2.44. The molecule has 0 saturated heterocycles. The Bertz CT molecular complexity index is 706. The highest BCUT2D eigenvalue weighted by molar-refractivity contribution is 6.02. The van der Waals surface area contributed by atoms with Gasteiger partial charge in [0.15, 0.2) is 0 Å². The zero-order valence-electron chi connectivity index (χ0n) is 12.0. The largest absolute Gasteiger partial charge is 0.361 e. The Labute approximate surface area is 124 Å². The fourth-order valence-corrected chi connectivity index (χ4v) is 3.12. The van der Waals surface area contributed by atoms with E-state index >= 15 is 0 Å². The quantitative estimate of drug-likeness (QED) is 0.908. The minimum absolute atomic E-state index is 0.0545. The highest BCUT2D eigenvalue weighted by Crippen LogP contribution is 2.41. The van der Waals surface area contributed by atoms with Gasteiger partial charge in [0.25, 0.3) is 5.91 Å². The first-order valence-electron chi connectivity index (χ1n) is 7.49. The third kappa shape index (κ3) is 2.00. The van der Waals surface area contributed by atoms with Crippen molar-refractivity contribution < 1.29 is 4.79 Å². The highest BCUT2D eigenvalue weighted by atomic mass is 16.2. The number of hydrogen-bond donors (Lipinski definition) is 1. The molecule has 1 aliphatic heterocycles. The number of aryl methyl sites for hydroxylation is 1. The molecule has 106 valence electrons. The lowest BCUT2D eigenvalue weighted by molar-refractivity contribution is 0.0666. The van der Waals surface area contributed by atoms with Crippen molar-refractivity contribution in [1.29, 1.82) is 0 Å². The van der Waals surface area contributed by atoms with E-state index in [0.29, 0.717) is 6.04 Å². The highest BCUT2D eigenvalue weighted by Gasteiger charge is 2.42. The second kappa shape index (κ2) is 4.62. The van der Waals surface area contributed by atoms with Crippen molar-refractivity contribution in [3.8, 4) is 0 Å². The minimum atomic E-state index is -0.0545. The van der Waals surface area contributed by atoms with Gasteiger partial charge in [-0.3, -0.25) is 4.79 Å². The normalized spacial score (nSPS) is 20.9. The van der Waals surface area contributed by atoms with Gasteiger partial charge in [0.05, 0.1) is 5.56 Å². The molecule has 0 aromatic heterocycles. The summed E-state index contributed by atoms with van der Waals surface area (Å²) in [6, 6.07) is 16.5. The Morgan fingerprint density at radius 1 is 1.05 bits per heavy atom. The molecule has 2 aromatic rings. The summed E-state index contributed by atoms with van der Waals surface area (Å²) < 4.78 is 0. The molecule has 4 rings (SSSR count). The molecule has 1 atom stereocenters. The predicted molar refractivity (Wildman–Crippen MR) is 83.2 cm³/mol. The first kappa shape index (κ1) is 12.5. The third-order valence-corrected chi connectivity index (χ3v) is 4.39. The Hall–Kier alpha value is -2.29. The fraction of sp³-hybridized carbons (Fsp3) is 0.278. The predicted octanol–water partition coefficient (Wildman–Crippen LogP) is 3.72. The Morgan fingerprint density at radius 3 is 2.52 bits per heavy atom. The van der Waals surface area contributed by atoms with E-state index in [4.69, 9.17) is 0 Å². The maximum absolute atomic E-state index is 12.9. The second-order valence-corrected chi connectivity index (χ2v) is 5.89. The number of benzene rings is 2. The minimum Gasteiger partial charge on any atom is -0.361 e. The van der Waals surface area contributed by atoms with Gasteiger partial charge < -0.3 is 10.2 Å². The third-order valence-electron chi connectivity index (χ3n) is 4.39. The van der Waals surface area contributed by atoms with E-state index < -0.39 is 0 Å². The summed E-state index contributed by atoms with van der Waals surface area (Å²) in [5.74, 6) is 0.153. The van der Waals surface area contributed by atoms with Crippen LogP contribution >= 0.6 is 0 Å². The van der Waals surface area contributed by atoms with Crippen LogP contribution in [0.2, 0.25) is 0 Å². The number of para-hydroxylation sites is 1. The number of carbonyl (C=O) groups is 1. The average Bonchev–Trinajstić information content (AvgIpc) is 3.32. The molecule has 1 fully saturated rings. The van der Waals surface area contributed by atoms with E-state index in [1.807, 2.05) is 41.3 Å². The average molecular weight is 278 g/mol. The van der Waals surface area contributed by atoms with Gasteiger partial charge in [-0.05, 0) is 43.0 Å². The van der Waals surface area contributed by atoms with Crippen LogP contribution in [0.15, 0.2) is 48.5 Å². The van der Waals surface area contributed by atoms with Crippen LogP contribution < -0.4 is 5.32 Å². The number of amides is 1. The van der Waals surface area contributed by atoms with Gasteiger partial charge in [-0.1, -0.05) is 36.4 Å². The van der Waals surface area contributed by atoms with Crippen LogP contribution in [0.1, 0.15) is 40.5 Å². The molecule has 0 radical (unpaired) electrons. The van der Waals surface area contributed by atoms with Crippen molar-refractivity contribution >= 4 is 11.6 Å².